The van der Waals surface area contributed by atoms with Gasteiger partial charge in [-0.1, -0.05) is 0 Å². The molecule has 0 N–H and O–H groups in total. The highest BCUT2D eigenvalue weighted by Crippen LogP contribution is 2.18. The highest BCUT2D eigenvalue weighted by atomic mass is 35.5. The molecule has 4 nitrogen and oxygen atoms in total. The molecular formula is C11H10ClF2NO3. The summed E-state index contributed by atoms with van der Waals surface area (Å²) in [4.78, 5) is 23.5. The normalized spacial score (nSPS) is 10.0. The summed E-state index contributed by atoms with van der Waals surface area (Å²) in [6, 6.07) is 2.82. The first-order chi connectivity index (χ1) is 8.49. The fourth-order valence-corrected chi connectivity index (χ4v) is 1.33. The number of benzene rings is 1. The first-order valence-corrected chi connectivity index (χ1v) is 5.41. The first kappa shape index (κ1) is 14.4. The Morgan fingerprint density at radius 3 is 2.50 bits per heavy atom. The van der Waals surface area contributed by atoms with Crippen molar-refractivity contribution < 1.29 is 23.1 Å². The van der Waals surface area contributed by atoms with E-state index < -0.39 is 23.5 Å². The number of ether oxygens (including phenoxy) is 1. The van der Waals surface area contributed by atoms with Crippen LogP contribution in [-0.4, -0.2) is 31.4 Å². The van der Waals surface area contributed by atoms with Gasteiger partial charge in [-0.3, -0.25) is 9.69 Å². The van der Waals surface area contributed by atoms with Crippen LogP contribution >= 0.6 is 11.6 Å². The van der Waals surface area contributed by atoms with E-state index in [4.69, 9.17) is 11.6 Å². The van der Waals surface area contributed by atoms with Crippen LogP contribution in [0.2, 0.25) is 0 Å². The van der Waals surface area contributed by atoms with E-state index in [-0.39, 0.29) is 18.1 Å². The van der Waals surface area contributed by atoms with Crippen molar-refractivity contribution in [2.75, 3.05) is 24.4 Å². The summed E-state index contributed by atoms with van der Waals surface area (Å²) in [6.07, 6.45) is -0.862. The average molecular weight is 278 g/mol. The first-order valence-electron chi connectivity index (χ1n) is 4.87. The van der Waals surface area contributed by atoms with Crippen molar-refractivity contribution >= 4 is 29.2 Å². The zero-order valence-corrected chi connectivity index (χ0v) is 10.2. The fraction of sp³-hybridized carbons (Fsp3) is 0.273. The third-order valence-electron chi connectivity index (χ3n) is 2.09. The van der Waals surface area contributed by atoms with Gasteiger partial charge in [0, 0.05) is 6.07 Å². The van der Waals surface area contributed by atoms with Crippen molar-refractivity contribution in [2.45, 2.75) is 0 Å². The number of carbonyl (C=O) groups excluding carboxylic acids is 2. The fourth-order valence-electron chi connectivity index (χ4n) is 1.24. The maximum Gasteiger partial charge on any atom is 0.414 e. The molecule has 0 aliphatic rings. The van der Waals surface area contributed by atoms with E-state index in [2.05, 4.69) is 4.74 Å². The standard InChI is InChI=1S/C11H10ClF2NO3/c1-18-11(17)15(6-8(16)5-12)7-2-3-9(13)10(14)4-7/h2-4H,5-6H2,1H3. The molecule has 18 heavy (non-hydrogen) atoms. The largest absolute Gasteiger partial charge is 0.452 e. The van der Waals surface area contributed by atoms with Gasteiger partial charge in [0.1, 0.15) is 0 Å². The summed E-state index contributed by atoms with van der Waals surface area (Å²) >= 11 is 5.33. The number of Topliss-reactive ketones (excluding diaryl/α,β-unsaturated/α-hetero) is 1. The zero-order chi connectivity index (χ0) is 13.7. The van der Waals surface area contributed by atoms with Crippen molar-refractivity contribution in [1.82, 2.24) is 0 Å². The second-order valence-electron chi connectivity index (χ2n) is 3.33. The molecular weight excluding hydrogens is 268 g/mol. The van der Waals surface area contributed by atoms with Crippen molar-refractivity contribution in [2.24, 2.45) is 0 Å². The van der Waals surface area contributed by atoms with E-state index in [1.807, 2.05) is 0 Å². The van der Waals surface area contributed by atoms with E-state index in [1.165, 1.54) is 0 Å². The van der Waals surface area contributed by atoms with Crippen LogP contribution in [0.3, 0.4) is 0 Å². The number of ketones is 1. The van der Waals surface area contributed by atoms with Crippen LogP contribution in [0.1, 0.15) is 0 Å². The second kappa shape index (κ2) is 6.30. The summed E-state index contributed by atoms with van der Waals surface area (Å²) in [5.41, 5.74) is 0.0132. The number of anilines is 1. The predicted octanol–water partition coefficient (Wildman–Crippen LogP) is 2.35. The lowest BCUT2D eigenvalue weighted by Crippen LogP contribution is -2.36. The minimum Gasteiger partial charge on any atom is -0.452 e. The molecule has 1 amide bonds. The van der Waals surface area contributed by atoms with Crippen LogP contribution in [0.4, 0.5) is 19.3 Å². The molecule has 98 valence electrons. The van der Waals surface area contributed by atoms with Gasteiger partial charge in [-0.15, -0.1) is 11.6 Å². The van der Waals surface area contributed by atoms with Gasteiger partial charge < -0.3 is 4.74 Å². The lowest BCUT2D eigenvalue weighted by atomic mass is 10.2. The predicted molar refractivity (Wildman–Crippen MR) is 61.8 cm³/mol. The average Bonchev–Trinajstić information content (AvgIpc) is 2.38. The third-order valence-corrected chi connectivity index (χ3v) is 2.39. The van der Waals surface area contributed by atoms with Crippen molar-refractivity contribution in [3.8, 4) is 0 Å². The van der Waals surface area contributed by atoms with Gasteiger partial charge in [-0.05, 0) is 12.1 Å². The molecule has 0 radical (unpaired) electrons. The maximum atomic E-state index is 13.1. The molecule has 1 rings (SSSR count). The Bertz CT molecular complexity index is 468. The number of carbonyl (C=O) groups is 2. The molecule has 0 atom stereocenters. The van der Waals surface area contributed by atoms with E-state index in [9.17, 15) is 18.4 Å². The van der Waals surface area contributed by atoms with Gasteiger partial charge in [0.15, 0.2) is 17.4 Å². The molecule has 0 heterocycles. The molecule has 7 heteroatoms. The van der Waals surface area contributed by atoms with Crippen LogP contribution in [-0.2, 0) is 9.53 Å². The highest BCUT2D eigenvalue weighted by Gasteiger charge is 2.20. The van der Waals surface area contributed by atoms with Crippen LogP contribution in [0, 0.1) is 11.6 Å². The number of hydrogen-bond donors (Lipinski definition) is 0. The number of alkyl halides is 1. The summed E-state index contributed by atoms with van der Waals surface area (Å²) in [6.45, 7) is -0.374. The molecule has 0 spiro atoms. The smallest absolute Gasteiger partial charge is 0.414 e. The van der Waals surface area contributed by atoms with E-state index >= 15 is 0 Å². The molecule has 1 aromatic rings. The van der Waals surface area contributed by atoms with E-state index in [0.29, 0.717) is 0 Å². The number of hydrogen-bond acceptors (Lipinski definition) is 3. The molecule has 0 saturated carbocycles. The Hall–Kier alpha value is -1.69. The molecule has 0 saturated heterocycles. The van der Waals surface area contributed by atoms with Crippen LogP contribution < -0.4 is 4.90 Å². The molecule has 0 aliphatic heterocycles. The van der Waals surface area contributed by atoms with Crippen molar-refractivity contribution in [3.63, 3.8) is 0 Å². The molecule has 0 aromatic heterocycles. The van der Waals surface area contributed by atoms with E-state index in [1.54, 1.807) is 0 Å². The third kappa shape index (κ3) is 3.40. The Balaban J connectivity index is 3.05. The van der Waals surface area contributed by atoms with Crippen LogP contribution in [0.25, 0.3) is 0 Å². The van der Waals surface area contributed by atoms with Crippen LogP contribution in [0.15, 0.2) is 18.2 Å². The quantitative estimate of drug-likeness (QED) is 0.794. The van der Waals surface area contributed by atoms with Crippen molar-refractivity contribution in [1.29, 1.82) is 0 Å². The maximum absolute atomic E-state index is 13.1. The Kier molecular flexibility index (Phi) is 5.03. The van der Waals surface area contributed by atoms with Gasteiger partial charge in [0.05, 0.1) is 25.2 Å². The topological polar surface area (TPSA) is 46.6 Å². The number of halogens is 3. The summed E-state index contributed by atoms with van der Waals surface area (Å²) in [5, 5.41) is 0. The van der Waals surface area contributed by atoms with Gasteiger partial charge in [0.25, 0.3) is 0 Å². The summed E-state index contributed by atoms with van der Waals surface area (Å²) in [7, 11) is 1.11. The monoisotopic (exact) mass is 277 g/mol. The number of amides is 1. The number of rotatable bonds is 4. The van der Waals surface area contributed by atoms with Crippen molar-refractivity contribution in [3.05, 3.63) is 29.8 Å². The van der Waals surface area contributed by atoms with E-state index in [0.717, 1.165) is 30.2 Å². The molecule has 0 bridgehead atoms. The summed E-state index contributed by atoms with van der Waals surface area (Å²) in [5.74, 6) is -2.92. The van der Waals surface area contributed by atoms with Gasteiger partial charge in [-0.2, -0.15) is 0 Å². The minimum absolute atomic E-state index is 0.0132. The molecule has 0 fully saturated rings. The molecule has 0 unspecified atom stereocenters. The SMILES string of the molecule is COC(=O)N(CC(=O)CCl)c1ccc(F)c(F)c1. The zero-order valence-electron chi connectivity index (χ0n) is 9.45. The Morgan fingerprint density at radius 1 is 1.33 bits per heavy atom. The lowest BCUT2D eigenvalue weighted by molar-refractivity contribution is -0.115. The van der Waals surface area contributed by atoms with Crippen LogP contribution in [0.5, 0.6) is 0 Å². The van der Waals surface area contributed by atoms with Gasteiger partial charge in [-0.25, -0.2) is 13.6 Å². The Labute approximate surface area is 107 Å². The van der Waals surface area contributed by atoms with Gasteiger partial charge >= 0.3 is 6.09 Å². The molecule has 0 aliphatic carbocycles. The highest BCUT2D eigenvalue weighted by molar-refractivity contribution is 6.28. The Morgan fingerprint density at radius 2 is 2.00 bits per heavy atom. The van der Waals surface area contributed by atoms with Gasteiger partial charge in [0.2, 0.25) is 0 Å². The number of nitrogens with zero attached hydrogens (tertiary/aromatic N) is 1. The number of methoxy groups -OCH3 is 1. The minimum atomic E-state index is -1.13. The lowest BCUT2D eigenvalue weighted by Gasteiger charge is -2.20. The molecule has 1 aromatic carbocycles. The second-order valence-corrected chi connectivity index (χ2v) is 3.59. The summed E-state index contributed by atoms with van der Waals surface area (Å²) < 4.78 is 30.3.